The number of ether oxygens (including phenoxy) is 1. The molecule has 0 saturated heterocycles. The van der Waals surface area contributed by atoms with E-state index in [1.807, 2.05) is 18.2 Å². The Morgan fingerprint density at radius 3 is 2.40 bits per heavy atom. The topological polar surface area (TPSA) is 94.6 Å². The number of alkyl halides is 3. The summed E-state index contributed by atoms with van der Waals surface area (Å²) in [5.41, 5.74) is 1.34. The molecule has 0 spiro atoms. The van der Waals surface area contributed by atoms with Crippen LogP contribution in [0.4, 0.5) is 18.9 Å². The Balaban J connectivity index is 1.81. The van der Waals surface area contributed by atoms with E-state index in [0.29, 0.717) is 22.2 Å². The summed E-state index contributed by atoms with van der Waals surface area (Å²) < 4.78 is 47.1. The fourth-order valence-corrected chi connectivity index (χ4v) is 4.89. The highest BCUT2D eigenvalue weighted by Crippen LogP contribution is 2.40. The van der Waals surface area contributed by atoms with Gasteiger partial charge in [-0.2, -0.15) is 13.2 Å². The van der Waals surface area contributed by atoms with Gasteiger partial charge >= 0.3 is 12.1 Å². The molecule has 202 valence electrons. The summed E-state index contributed by atoms with van der Waals surface area (Å²) in [6, 6.07) is 22.8. The molecule has 0 amide bonds. The smallest absolute Gasteiger partial charge is 0.416 e. The summed E-state index contributed by atoms with van der Waals surface area (Å²) in [5.74, 6) is -0.746. The number of nitro benzene ring substituents is 1. The van der Waals surface area contributed by atoms with Gasteiger partial charge in [0.15, 0.2) is 0 Å². The minimum Gasteiger partial charge on any atom is -0.496 e. The number of halogens is 3. The molecule has 7 nitrogen and oxygen atoms in total. The van der Waals surface area contributed by atoms with Crippen LogP contribution in [0.1, 0.15) is 21.6 Å². The van der Waals surface area contributed by atoms with E-state index >= 15 is 0 Å². The van der Waals surface area contributed by atoms with E-state index in [1.54, 1.807) is 30.3 Å². The lowest BCUT2D eigenvalue weighted by Crippen LogP contribution is -2.12. The quantitative estimate of drug-likeness (QED) is 0.167. The predicted octanol–water partition coefficient (Wildman–Crippen LogP) is 7.66. The number of carbonyl (C=O) groups is 1. The van der Waals surface area contributed by atoms with Gasteiger partial charge in [-0.1, -0.05) is 48.5 Å². The monoisotopic (exact) mass is 546 g/mol. The number of fused-ring (bicyclic) bond motifs is 1. The molecule has 5 aromatic rings. The molecule has 1 N–H and O–H groups in total. The third-order valence-electron chi connectivity index (χ3n) is 6.62. The average molecular weight is 547 g/mol. The fourth-order valence-electron chi connectivity index (χ4n) is 4.89. The average Bonchev–Trinajstić information content (AvgIpc) is 3.26. The lowest BCUT2D eigenvalue weighted by atomic mass is 9.97. The van der Waals surface area contributed by atoms with E-state index in [9.17, 15) is 33.2 Å². The van der Waals surface area contributed by atoms with Crippen LogP contribution in [0.3, 0.4) is 0 Å². The number of carboxylic acid groups (broad SMARTS) is 1. The molecule has 5 rings (SSSR count). The molecule has 40 heavy (non-hydrogen) atoms. The Morgan fingerprint density at radius 2 is 1.70 bits per heavy atom. The maximum atomic E-state index is 13.4. The second-order valence-corrected chi connectivity index (χ2v) is 9.05. The van der Waals surface area contributed by atoms with Crippen molar-refractivity contribution in [2.24, 2.45) is 0 Å². The SMILES string of the molecule is COc1ccccc1-c1ccc2c(c1)c(-c1cccc([N+](=O)[O-])c1)c(C(=O)O)n2Cc1cccc(C(F)(F)F)c1. The molecule has 0 aliphatic rings. The first-order valence-electron chi connectivity index (χ1n) is 12.0. The number of para-hydroxylation sites is 1. The van der Waals surface area contributed by atoms with E-state index in [-0.39, 0.29) is 34.6 Å². The lowest BCUT2D eigenvalue weighted by Gasteiger charge is -2.12. The zero-order chi connectivity index (χ0) is 28.6. The molecule has 0 fully saturated rings. The minimum absolute atomic E-state index is 0.176. The van der Waals surface area contributed by atoms with Crippen molar-refractivity contribution in [3.8, 4) is 28.0 Å². The molecule has 4 aromatic carbocycles. The Labute approximate surface area is 225 Å². The summed E-state index contributed by atoms with van der Waals surface area (Å²) >= 11 is 0. The summed E-state index contributed by atoms with van der Waals surface area (Å²) in [6.07, 6.45) is -4.57. The van der Waals surface area contributed by atoms with Crippen LogP contribution in [-0.2, 0) is 12.7 Å². The highest BCUT2D eigenvalue weighted by atomic mass is 19.4. The first-order chi connectivity index (χ1) is 19.1. The Bertz CT molecular complexity index is 1780. The van der Waals surface area contributed by atoms with Crippen molar-refractivity contribution in [1.82, 2.24) is 4.57 Å². The second kappa shape index (κ2) is 10.2. The molecule has 10 heteroatoms. The van der Waals surface area contributed by atoms with E-state index in [4.69, 9.17) is 4.74 Å². The highest BCUT2D eigenvalue weighted by molar-refractivity contribution is 6.09. The van der Waals surface area contributed by atoms with Crippen LogP contribution in [0, 0.1) is 10.1 Å². The molecule has 0 bridgehead atoms. The van der Waals surface area contributed by atoms with Crippen molar-refractivity contribution < 1.29 is 32.7 Å². The zero-order valence-corrected chi connectivity index (χ0v) is 21.0. The fraction of sp³-hybridized carbons (Fsp3) is 0.100. The summed E-state index contributed by atoms with van der Waals surface area (Å²) in [4.78, 5) is 23.7. The number of hydrogen-bond donors (Lipinski definition) is 1. The molecule has 0 radical (unpaired) electrons. The molecular weight excluding hydrogens is 525 g/mol. The van der Waals surface area contributed by atoms with Gasteiger partial charge in [0.25, 0.3) is 5.69 Å². The van der Waals surface area contributed by atoms with Gasteiger partial charge in [-0.15, -0.1) is 0 Å². The first-order valence-corrected chi connectivity index (χ1v) is 12.0. The molecule has 1 aromatic heterocycles. The number of nitro groups is 1. The maximum absolute atomic E-state index is 13.4. The predicted molar refractivity (Wildman–Crippen MR) is 144 cm³/mol. The number of non-ortho nitro benzene ring substituents is 1. The number of rotatable bonds is 7. The summed E-state index contributed by atoms with van der Waals surface area (Å²) in [7, 11) is 1.53. The number of hydrogen-bond acceptors (Lipinski definition) is 4. The normalized spacial score (nSPS) is 11.5. The van der Waals surface area contributed by atoms with Crippen molar-refractivity contribution in [2.45, 2.75) is 12.7 Å². The van der Waals surface area contributed by atoms with E-state index in [2.05, 4.69) is 0 Å². The van der Waals surface area contributed by atoms with Crippen molar-refractivity contribution in [3.63, 3.8) is 0 Å². The van der Waals surface area contributed by atoms with Gasteiger partial charge in [0, 0.05) is 40.7 Å². The molecule has 0 aliphatic heterocycles. The number of aromatic carboxylic acids is 1. The number of nitrogens with zero attached hydrogens (tertiary/aromatic N) is 2. The van der Waals surface area contributed by atoms with Crippen molar-refractivity contribution in [3.05, 3.63) is 118 Å². The number of aromatic nitrogens is 1. The number of carboxylic acids is 1. The van der Waals surface area contributed by atoms with Gasteiger partial charge in [-0.25, -0.2) is 4.79 Å². The van der Waals surface area contributed by atoms with Crippen LogP contribution in [0.25, 0.3) is 33.2 Å². The van der Waals surface area contributed by atoms with Gasteiger partial charge in [0.05, 0.1) is 17.6 Å². The van der Waals surface area contributed by atoms with Gasteiger partial charge in [-0.3, -0.25) is 10.1 Å². The molecular formula is C30H21F3N2O5. The standard InChI is InChI=1S/C30H21F3N2O5/c1-40-26-11-3-2-10-23(26)19-12-13-25-24(16-19)27(20-7-5-9-22(15-20)35(38)39)28(29(36)37)34(25)17-18-6-4-8-21(14-18)30(31,32)33/h2-16H,17H2,1H3,(H,36,37). The molecule has 0 aliphatic carbocycles. The Kier molecular flexibility index (Phi) is 6.76. The van der Waals surface area contributed by atoms with Crippen LogP contribution in [0.2, 0.25) is 0 Å². The van der Waals surface area contributed by atoms with Gasteiger partial charge in [0.2, 0.25) is 0 Å². The van der Waals surface area contributed by atoms with Gasteiger partial charge in [-0.05, 0) is 47.0 Å². The van der Waals surface area contributed by atoms with Crippen molar-refractivity contribution in [1.29, 1.82) is 0 Å². The molecule has 0 unspecified atom stereocenters. The zero-order valence-electron chi connectivity index (χ0n) is 21.0. The van der Waals surface area contributed by atoms with Crippen LogP contribution < -0.4 is 4.74 Å². The van der Waals surface area contributed by atoms with Gasteiger partial charge < -0.3 is 14.4 Å². The van der Waals surface area contributed by atoms with Crippen LogP contribution >= 0.6 is 0 Å². The Morgan fingerprint density at radius 1 is 0.950 bits per heavy atom. The first kappa shape index (κ1) is 26.5. The van der Waals surface area contributed by atoms with E-state index < -0.39 is 22.6 Å². The lowest BCUT2D eigenvalue weighted by molar-refractivity contribution is -0.384. The maximum Gasteiger partial charge on any atom is 0.416 e. The summed E-state index contributed by atoms with van der Waals surface area (Å²) in [5, 5.41) is 22.3. The highest BCUT2D eigenvalue weighted by Gasteiger charge is 2.31. The van der Waals surface area contributed by atoms with Crippen LogP contribution in [0.15, 0.2) is 91.0 Å². The molecule has 0 saturated carbocycles. The minimum atomic E-state index is -4.57. The largest absolute Gasteiger partial charge is 0.496 e. The summed E-state index contributed by atoms with van der Waals surface area (Å²) in [6.45, 7) is -0.176. The van der Waals surface area contributed by atoms with Crippen molar-refractivity contribution >= 4 is 22.6 Å². The second-order valence-electron chi connectivity index (χ2n) is 9.05. The van der Waals surface area contributed by atoms with Crippen LogP contribution in [0.5, 0.6) is 5.75 Å². The molecule has 0 atom stereocenters. The Hall–Kier alpha value is -5.12. The van der Waals surface area contributed by atoms with Crippen molar-refractivity contribution in [2.75, 3.05) is 7.11 Å². The third-order valence-corrected chi connectivity index (χ3v) is 6.62. The molecule has 1 heterocycles. The third kappa shape index (κ3) is 4.86. The van der Waals surface area contributed by atoms with Crippen LogP contribution in [-0.4, -0.2) is 27.7 Å². The van der Waals surface area contributed by atoms with Gasteiger partial charge in [0.1, 0.15) is 11.4 Å². The van der Waals surface area contributed by atoms with E-state index in [1.165, 1.54) is 42.0 Å². The number of benzene rings is 4. The van der Waals surface area contributed by atoms with E-state index in [0.717, 1.165) is 17.7 Å². The number of methoxy groups -OCH3 is 1.